The van der Waals surface area contributed by atoms with Crippen molar-refractivity contribution in [2.75, 3.05) is 27.2 Å². The zero-order valence-electron chi connectivity index (χ0n) is 18.7. The predicted octanol–water partition coefficient (Wildman–Crippen LogP) is 3.10. The number of nitrogens with zero attached hydrogens (tertiary/aromatic N) is 3. The van der Waals surface area contributed by atoms with E-state index in [0.29, 0.717) is 32.4 Å². The van der Waals surface area contributed by atoms with E-state index in [1.807, 2.05) is 0 Å². The van der Waals surface area contributed by atoms with Crippen LogP contribution in [0.2, 0.25) is 5.02 Å². The van der Waals surface area contributed by atoms with Gasteiger partial charge >= 0.3 is 0 Å². The van der Waals surface area contributed by atoms with Crippen molar-refractivity contribution in [3.8, 4) is 0 Å². The van der Waals surface area contributed by atoms with Crippen molar-refractivity contribution in [2.45, 2.75) is 24.9 Å². The SMILES string of the molecule is CN(C)C(=O)C(=O)c1noc2cc(Cl)c(C(=O)N3CCC(O)(Cc4ccc(F)cc4)CC3)cc12. The zero-order valence-corrected chi connectivity index (χ0v) is 19.4. The number of likely N-dealkylation sites (N-methyl/N-ethyl adjacent to an activating group) is 1. The molecule has 34 heavy (non-hydrogen) atoms. The maximum atomic E-state index is 13.2. The molecule has 0 aliphatic carbocycles. The van der Waals surface area contributed by atoms with E-state index in [-0.39, 0.29) is 39.0 Å². The quantitative estimate of drug-likeness (QED) is 0.438. The Bertz CT molecular complexity index is 1260. The maximum absolute atomic E-state index is 13.2. The first-order valence-electron chi connectivity index (χ1n) is 10.7. The van der Waals surface area contributed by atoms with Crippen LogP contribution in [0.15, 0.2) is 40.9 Å². The lowest BCUT2D eigenvalue weighted by atomic mass is 9.85. The Balaban J connectivity index is 1.52. The summed E-state index contributed by atoms with van der Waals surface area (Å²) in [6, 6.07) is 8.78. The van der Waals surface area contributed by atoms with E-state index in [1.54, 1.807) is 17.0 Å². The van der Waals surface area contributed by atoms with Crippen LogP contribution in [0, 0.1) is 5.82 Å². The molecule has 0 spiro atoms. The molecule has 0 bridgehead atoms. The molecule has 8 nitrogen and oxygen atoms in total. The van der Waals surface area contributed by atoms with Gasteiger partial charge in [0, 0.05) is 39.7 Å². The van der Waals surface area contributed by atoms with E-state index >= 15 is 0 Å². The molecule has 4 rings (SSSR count). The summed E-state index contributed by atoms with van der Waals surface area (Å²) in [6.45, 7) is 0.582. The lowest BCUT2D eigenvalue weighted by Gasteiger charge is -2.38. The van der Waals surface area contributed by atoms with Gasteiger partial charge in [-0.05, 0) is 36.6 Å². The van der Waals surface area contributed by atoms with Crippen LogP contribution in [-0.4, -0.2) is 70.4 Å². The molecule has 1 saturated heterocycles. The second-order valence-electron chi connectivity index (χ2n) is 8.71. The number of benzene rings is 2. The van der Waals surface area contributed by atoms with Crippen molar-refractivity contribution in [1.29, 1.82) is 0 Å². The van der Waals surface area contributed by atoms with Gasteiger partial charge in [-0.3, -0.25) is 14.4 Å². The number of aliphatic hydroxyl groups is 1. The van der Waals surface area contributed by atoms with E-state index in [2.05, 4.69) is 5.16 Å². The number of rotatable bonds is 5. The molecule has 178 valence electrons. The lowest BCUT2D eigenvalue weighted by molar-refractivity contribution is -0.124. The van der Waals surface area contributed by atoms with Gasteiger partial charge in [0.05, 0.1) is 21.6 Å². The summed E-state index contributed by atoms with van der Waals surface area (Å²) >= 11 is 6.32. The first-order valence-corrected chi connectivity index (χ1v) is 11.1. The van der Waals surface area contributed by atoms with Crippen LogP contribution in [0.3, 0.4) is 0 Å². The molecular formula is C24H23ClFN3O5. The summed E-state index contributed by atoms with van der Waals surface area (Å²) in [4.78, 5) is 40.5. The molecule has 1 aromatic heterocycles. The van der Waals surface area contributed by atoms with Crippen molar-refractivity contribution in [1.82, 2.24) is 15.0 Å². The van der Waals surface area contributed by atoms with Gasteiger partial charge in [0.25, 0.3) is 17.6 Å². The summed E-state index contributed by atoms with van der Waals surface area (Å²) in [5.74, 6) is -2.33. The summed E-state index contributed by atoms with van der Waals surface area (Å²) in [6.07, 6.45) is 1.03. The van der Waals surface area contributed by atoms with Gasteiger partial charge in [-0.2, -0.15) is 0 Å². The lowest BCUT2D eigenvalue weighted by Crippen LogP contribution is -2.47. The Morgan fingerprint density at radius 3 is 2.44 bits per heavy atom. The van der Waals surface area contributed by atoms with Crippen molar-refractivity contribution in [2.24, 2.45) is 0 Å². The van der Waals surface area contributed by atoms with Crippen molar-refractivity contribution in [3.05, 3.63) is 64.1 Å². The van der Waals surface area contributed by atoms with E-state index in [4.69, 9.17) is 16.1 Å². The first-order chi connectivity index (χ1) is 16.1. The topological polar surface area (TPSA) is 104 Å². The standard InChI is InChI=1S/C24H23ClFN3O5/c1-28(2)23(32)21(30)20-17-11-16(18(25)12-19(17)34-27-20)22(31)29-9-7-24(33,8-10-29)13-14-3-5-15(26)6-4-14/h3-6,11-12,33H,7-10,13H2,1-2H3. The third kappa shape index (κ3) is 4.67. The van der Waals surface area contributed by atoms with Crippen LogP contribution in [0.1, 0.15) is 39.3 Å². The van der Waals surface area contributed by atoms with Crippen molar-refractivity contribution in [3.63, 3.8) is 0 Å². The number of Topliss-reactive ketones (excluding diaryl/α,β-unsaturated/α-hetero) is 1. The minimum Gasteiger partial charge on any atom is -0.389 e. The first kappa shape index (κ1) is 23.8. The van der Waals surface area contributed by atoms with Gasteiger partial charge in [-0.1, -0.05) is 28.9 Å². The number of hydrogen-bond donors (Lipinski definition) is 1. The number of likely N-dealkylation sites (tertiary alicyclic amines) is 1. The van der Waals surface area contributed by atoms with Crippen LogP contribution in [0.4, 0.5) is 4.39 Å². The van der Waals surface area contributed by atoms with Crippen LogP contribution in [0.5, 0.6) is 0 Å². The average molecular weight is 488 g/mol. The van der Waals surface area contributed by atoms with Crippen molar-refractivity contribution >= 4 is 40.2 Å². The molecule has 10 heteroatoms. The number of carbonyl (C=O) groups is 3. The van der Waals surface area contributed by atoms with E-state index in [9.17, 15) is 23.9 Å². The van der Waals surface area contributed by atoms with Crippen LogP contribution < -0.4 is 0 Å². The Kier molecular flexibility index (Phi) is 6.42. The molecule has 1 aliphatic rings. The number of ketones is 1. The van der Waals surface area contributed by atoms with Gasteiger partial charge in [-0.25, -0.2) is 4.39 Å². The highest BCUT2D eigenvalue weighted by atomic mass is 35.5. The van der Waals surface area contributed by atoms with E-state index in [0.717, 1.165) is 10.5 Å². The summed E-state index contributed by atoms with van der Waals surface area (Å²) in [5, 5.41) is 15.0. The molecule has 3 aromatic rings. The monoisotopic (exact) mass is 487 g/mol. The highest BCUT2D eigenvalue weighted by Gasteiger charge is 2.35. The predicted molar refractivity (Wildman–Crippen MR) is 122 cm³/mol. The maximum Gasteiger partial charge on any atom is 0.296 e. The molecule has 1 N–H and O–H groups in total. The van der Waals surface area contributed by atoms with E-state index < -0.39 is 17.3 Å². The fourth-order valence-electron chi connectivity index (χ4n) is 4.05. The molecule has 1 aliphatic heterocycles. The number of carbonyl (C=O) groups excluding carboxylic acids is 3. The number of fused-ring (bicyclic) bond motifs is 1. The second kappa shape index (κ2) is 9.15. The Morgan fingerprint density at radius 1 is 1.18 bits per heavy atom. The molecule has 0 atom stereocenters. The zero-order chi connectivity index (χ0) is 24.6. The fraction of sp³-hybridized carbons (Fsp3) is 0.333. The van der Waals surface area contributed by atoms with E-state index in [1.165, 1.54) is 38.4 Å². The van der Waals surface area contributed by atoms with Crippen LogP contribution in [-0.2, 0) is 11.2 Å². The van der Waals surface area contributed by atoms with Gasteiger partial charge in [0.15, 0.2) is 11.3 Å². The molecule has 2 amide bonds. The molecule has 2 aromatic carbocycles. The minimum absolute atomic E-state index is 0.124. The number of halogens is 2. The van der Waals surface area contributed by atoms with Crippen LogP contribution >= 0.6 is 11.6 Å². The number of amides is 2. The van der Waals surface area contributed by atoms with Gasteiger partial charge in [0.2, 0.25) is 0 Å². The number of aromatic nitrogens is 1. The Hall–Kier alpha value is -3.30. The summed E-state index contributed by atoms with van der Waals surface area (Å²) < 4.78 is 18.3. The molecule has 0 radical (unpaired) electrons. The minimum atomic E-state index is -1.01. The highest BCUT2D eigenvalue weighted by Crippen LogP contribution is 2.31. The Morgan fingerprint density at radius 2 is 1.82 bits per heavy atom. The average Bonchev–Trinajstić information content (AvgIpc) is 3.21. The third-order valence-corrected chi connectivity index (χ3v) is 6.35. The van der Waals surface area contributed by atoms with Gasteiger partial charge < -0.3 is 19.4 Å². The summed E-state index contributed by atoms with van der Waals surface area (Å²) in [5.41, 5.74) is -0.0551. The highest BCUT2D eigenvalue weighted by molar-refractivity contribution is 6.44. The van der Waals surface area contributed by atoms with Crippen LogP contribution in [0.25, 0.3) is 11.0 Å². The van der Waals surface area contributed by atoms with Gasteiger partial charge in [0.1, 0.15) is 5.82 Å². The molecule has 0 saturated carbocycles. The normalized spacial score (nSPS) is 15.4. The third-order valence-electron chi connectivity index (χ3n) is 6.03. The molecular weight excluding hydrogens is 465 g/mol. The molecule has 2 heterocycles. The van der Waals surface area contributed by atoms with Crippen molar-refractivity contribution < 1.29 is 28.4 Å². The number of hydrogen-bond acceptors (Lipinski definition) is 6. The smallest absolute Gasteiger partial charge is 0.296 e. The summed E-state index contributed by atoms with van der Waals surface area (Å²) in [7, 11) is 2.89. The fourth-order valence-corrected chi connectivity index (χ4v) is 4.28. The number of piperidine rings is 1. The largest absolute Gasteiger partial charge is 0.389 e. The molecule has 1 fully saturated rings. The van der Waals surface area contributed by atoms with Gasteiger partial charge in [-0.15, -0.1) is 0 Å². The molecule has 0 unspecified atom stereocenters. The second-order valence-corrected chi connectivity index (χ2v) is 9.12. The Labute approximate surface area is 199 Å².